The van der Waals surface area contributed by atoms with Crippen LogP contribution >= 0.6 is 11.3 Å². The van der Waals surface area contributed by atoms with Gasteiger partial charge in [-0.25, -0.2) is 14.7 Å². The van der Waals surface area contributed by atoms with E-state index < -0.39 is 18.9 Å². The van der Waals surface area contributed by atoms with Crippen molar-refractivity contribution in [3.63, 3.8) is 0 Å². The van der Waals surface area contributed by atoms with Gasteiger partial charge in [0, 0.05) is 37.5 Å². The van der Waals surface area contributed by atoms with E-state index in [1.54, 1.807) is 6.92 Å². The molecule has 0 N–H and O–H groups in total. The van der Waals surface area contributed by atoms with Crippen LogP contribution in [0.3, 0.4) is 0 Å². The molecule has 3 heterocycles. The first-order valence-corrected chi connectivity index (χ1v) is 11.1. The number of carbonyl (C=O) groups excluding carboxylic acids is 2. The third kappa shape index (κ3) is 4.42. The highest BCUT2D eigenvalue weighted by Crippen LogP contribution is 2.44. The van der Waals surface area contributed by atoms with E-state index in [2.05, 4.69) is 22.9 Å². The monoisotopic (exact) mass is 442 g/mol. The molecule has 0 spiro atoms. The lowest BCUT2D eigenvalue weighted by Crippen LogP contribution is -2.47. The fraction of sp³-hybridized carbons (Fsp3) is 0.409. The van der Waals surface area contributed by atoms with Crippen LogP contribution < -0.4 is 4.90 Å². The summed E-state index contributed by atoms with van der Waals surface area (Å²) >= 11 is 1.52. The minimum absolute atomic E-state index is 0.223. The minimum atomic E-state index is -0.603. The average molecular weight is 443 g/mol. The van der Waals surface area contributed by atoms with E-state index in [1.807, 2.05) is 31.2 Å². The molecular formula is C22H26N4O4S. The van der Waals surface area contributed by atoms with E-state index in [9.17, 15) is 9.59 Å². The van der Waals surface area contributed by atoms with Crippen LogP contribution in [-0.2, 0) is 14.3 Å². The molecule has 2 aromatic rings. The van der Waals surface area contributed by atoms with E-state index in [-0.39, 0.29) is 6.42 Å². The number of amidine groups is 1. The van der Waals surface area contributed by atoms with Crippen molar-refractivity contribution in [2.45, 2.75) is 20.3 Å². The van der Waals surface area contributed by atoms with Crippen molar-refractivity contribution in [3.05, 3.63) is 40.8 Å². The standard InChI is InChI=1S/C22H26N4O4S/c1-4-19(27)29-14-30-22(28)26-18-8-6-5-7-17(18)23-20(16-13-15(2)31-21(16)26)25-11-9-24(3)10-12-25/h5-8,13H,4,9-12,14H2,1-3H3. The number of anilines is 2. The number of fused-ring (bicyclic) bond motifs is 2. The predicted molar refractivity (Wildman–Crippen MR) is 121 cm³/mol. The quantitative estimate of drug-likeness (QED) is 0.531. The van der Waals surface area contributed by atoms with Crippen molar-refractivity contribution in [2.24, 2.45) is 4.99 Å². The number of thiophene rings is 1. The summed E-state index contributed by atoms with van der Waals surface area (Å²) in [6.45, 7) is 6.91. The lowest BCUT2D eigenvalue weighted by atomic mass is 10.2. The first-order valence-electron chi connectivity index (χ1n) is 10.3. The largest absolute Gasteiger partial charge is 0.428 e. The van der Waals surface area contributed by atoms with Crippen LogP contribution in [0.5, 0.6) is 0 Å². The molecule has 31 heavy (non-hydrogen) atoms. The Balaban J connectivity index is 1.72. The Morgan fingerprint density at radius 1 is 1.13 bits per heavy atom. The van der Waals surface area contributed by atoms with Crippen molar-refractivity contribution in [1.82, 2.24) is 9.80 Å². The molecule has 0 aliphatic carbocycles. The first kappa shape index (κ1) is 21.3. The Morgan fingerprint density at radius 3 is 2.61 bits per heavy atom. The number of aryl methyl sites for hydroxylation is 1. The molecule has 1 aromatic carbocycles. The predicted octanol–water partition coefficient (Wildman–Crippen LogP) is 3.88. The Kier molecular flexibility index (Phi) is 6.24. The lowest BCUT2D eigenvalue weighted by Gasteiger charge is -2.34. The van der Waals surface area contributed by atoms with Gasteiger partial charge in [0.05, 0.1) is 16.9 Å². The van der Waals surface area contributed by atoms with Crippen molar-refractivity contribution in [1.29, 1.82) is 0 Å². The normalized spacial score (nSPS) is 16.2. The number of nitrogens with zero attached hydrogens (tertiary/aromatic N) is 4. The summed E-state index contributed by atoms with van der Waals surface area (Å²) in [5.74, 6) is 0.449. The maximum Gasteiger partial charge on any atom is 0.422 e. The molecule has 1 amide bonds. The minimum Gasteiger partial charge on any atom is -0.428 e. The summed E-state index contributed by atoms with van der Waals surface area (Å²) in [5, 5.41) is 0.756. The van der Waals surface area contributed by atoms with Gasteiger partial charge in [0.2, 0.25) is 6.79 Å². The SMILES string of the molecule is CCC(=O)OCOC(=O)N1c2ccccc2N=C(N2CCN(C)CC2)c2cc(C)sc21. The fourth-order valence-electron chi connectivity index (χ4n) is 3.61. The number of amides is 1. The third-order valence-corrected chi connectivity index (χ3v) is 6.34. The topological polar surface area (TPSA) is 74.7 Å². The van der Waals surface area contributed by atoms with E-state index >= 15 is 0 Å². The number of carbonyl (C=O) groups is 2. The van der Waals surface area contributed by atoms with Crippen LogP contribution in [0.2, 0.25) is 0 Å². The van der Waals surface area contributed by atoms with Crippen LogP contribution in [0.15, 0.2) is 35.3 Å². The molecule has 0 unspecified atom stereocenters. The number of benzene rings is 1. The highest BCUT2D eigenvalue weighted by atomic mass is 32.1. The number of rotatable bonds is 3. The van der Waals surface area contributed by atoms with E-state index in [0.717, 1.165) is 47.5 Å². The summed E-state index contributed by atoms with van der Waals surface area (Å²) < 4.78 is 10.3. The fourth-order valence-corrected chi connectivity index (χ4v) is 4.62. The number of ether oxygens (including phenoxy) is 2. The van der Waals surface area contributed by atoms with Gasteiger partial charge in [-0.05, 0) is 32.2 Å². The number of likely N-dealkylation sites (N-methyl/N-ethyl adjacent to an activating group) is 1. The van der Waals surface area contributed by atoms with Crippen molar-refractivity contribution in [2.75, 3.05) is 44.9 Å². The number of esters is 1. The molecule has 1 aromatic heterocycles. The summed E-state index contributed by atoms with van der Waals surface area (Å²) in [5.41, 5.74) is 2.24. The Morgan fingerprint density at radius 2 is 1.87 bits per heavy atom. The van der Waals surface area contributed by atoms with Gasteiger partial charge in [0.25, 0.3) is 0 Å². The molecule has 1 saturated heterocycles. The number of hydrogen-bond acceptors (Lipinski definition) is 8. The maximum atomic E-state index is 13.1. The van der Waals surface area contributed by atoms with Gasteiger partial charge in [0.1, 0.15) is 10.8 Å². The molecule has 0 saturated carbocycles. The maximum absolute atomic E-state index is 13.1. The summed E-state index contributed by atoms with van der Waals surface area (Å²) in [6.07, 6.45) is -0.380. The van der Waals surface area contributed by atoms with Crippen molar-refractivity contribution in [3.8, 4) is 0 Å². The third-order valence-electron chi connectivity index (χ3n) is 5.31. The molecule has 2 aliphatic rings. The number of piperazine rings is 1. The van der Waals surface area contributed by atoms with Gasteiger partial charge < -0.3 is 19.3 Å². The first-order chi connectivity index (χ1) is 15.0. The summed E-state index contributed by atoms with van der Waals surface area (Å²) in [7, 11) is 2.12. The zero-order valence-corrected chi connectivity index (χ0v) is 18.8. The Bertz CT molecular complexity index is 1010. The highest BCUT2D eigenvalue weighted by molar-refractivity contribution is 7.16. The zero-order chi connectivity index (χ0) is 22.0. The second kappa shape index (κ2) is 9.07. The number of hydrogen-bond donors (Lipinski definition) is 0. The van der Waals surface area contributed by atoms with Gasteiger partial charge in [-0.2, -0.15) is 0 Å². The lowest BCUT2D eigenvalue weighted by molar-refractivity contribution is -0.151. The molecule has 0 atom stereocenters. The molecular weight excluding hydrogens is 416 g/mol. The van der Waals surface area contributed by atoms with Gasteiger partial charge in [-0.15, -0.1) is 11.3 Å². The van der Waals surface area contributed by atoms with E-state index in [0.29, 0.717) is 11.4 Å². The van der Waals surface area contributed by atoms with Crippen LogP contribution in [0.1, 0.15) is 23.8 Å². The van der Waals surface area contributed by atoms with Gasteiger partial charge in [0.15, 0.2) is 0 Å². The van der Waals surface area contributed by atoms with E-state index in [1.165, 1.54) is 16.2 Å². The van der Waals surface area contributed by atoms with E-state index in [4.69, 9.17) is 14.5 Å². The van der Waals surface area contributed by atoms with Crippen molar-refractivity contribution < 1.29 is 19.1 Å². The second-order valence-electron chi connectivity index (χ2n) is 7.52. The molecule has 2 aliphatic heterocycles. The zero-order valence-electron chi connectivity index (χ0n) is 18.0. The summed E-state index contributed by atoms with van der Waals surface area (Å²) in [6, 6.07) is 9.59. The molecule has 0 radical (unpaired) electrons. The van der Waals surface area contributed by atoms with Gasteiger partial charge >= 0.3 is 12.1 Å². The van der Waals surface area contributed by atoms with Crippen LogP contribution in [-0.4, -0.2) is 67.7 Å². The Labute approximate surface area is 185 Å². The molecule has 164 valence electrons. The van der Waals surface area contributed by atoms with Crippen LogP contribution in [0.25, 0.3) is 0 Å². The molecule has 9 heteroatoms. The number of aliphatic imine (C=N–C) groups is 1. The second-order valence-corrected chi connectivity index (χ2v) is 8.76. The molecule has 1 fully saturated rings. The molecule has 4 rings (SSSR count). The highest BCUT2D eigenvalue weighted by Gasteiger charge is 2.33. The summed E-state index contributed by atoms with van der Waals surface area (Å²) in [4.78, 5) is 36.7. The molecule has 8 nitrogen and oxygen atoms in total. The Hall–Kier alpha value is -2.91. The van der Waals surface area contributed by atoms with Crippen LogP contribution in [0.4, 0.5) is 21.2 Å². The van der Waals surface area contributed by atoms with Gasteiger partial charge in [-0.1, -0.05) is 19.1 Å². The van der Waals surface area contributed by atoms with Gasteiger partial charge in [-0.3, -0.25) is 4.79 Å². The van der Waals surface area contributed by atoms with Crippen molar-refractivity contribution >= 4 is 45.6 Å². The number of para-hydroxylation sites is 2. The average Bonchev–Trinajstić information content (AvgIpc) is 3.08. The van der Waals surface area contributed by atoms with Crippen LogP contribution in [0, 0.1) is 6.92 Å². The molecule has 0 bridgehead atoms. The smallest absolute Gasteiger partial charge is 0.422 e.